The van der Waals surface area contributed by atoms with Crippen LogP contribution in [0, 0.1) is 5.41 Å². The molecule has 60 valence electrons. The maximum atomic E-state index is 2.37. The van der Waals surface area contributed by atoms with Crippen molar-refractivity contribution in [2.24, 2.45) is 5.41 Å². The molecule has 0 nitrogen and oxygen atoms in total. The Morgan fingerprint density at radius 1 is 1.27 bits per heavy atom. The van der Waals surface area contributed by atoms with Gasteiger partial charge in [-0.1, -0.05) is 31.6 Å². The largest absolute Gasteiger partial charge is 0.0834 e. The molecule has 0 aromatic rings. The second kappa shape index (κ2) is 2.23. The summed E-state index contributed by atoms with van der Waals surface area (Å²) in [4.78, 5) is 0. The zero-order chi connectivity index (χ0) is 7.90. The van der Waals surface area contributed by atoms with Crippen molar-refractivity contribution in [3.63, 3.8) is 0 Å². The first-order valence-electron chi connectivity index (χ1n) is 4.59. The topological polar surface area (TPSA) is 0 Å². The molecule has 11 heavy (non-hydrogen) atoms. The molecule has 0 heterocycles. The summed E-state index contributed by atoms with van der Waals surface area (Å²) < 4.78 is 0. The van der Waals surface area contributed by atoms with E-state index in [-0.39, 0.29) is 0 Å². The molecule has 0 spiro atoms. The first-order chi connectivity index (χ1) is 5.20. The SMILES string of the molecule is CC1(C)CC=CC2=C1CCC2. The summed E-state index contributed by atoms with van der Waals surface area (Å²) >= 11 is 0. The Hall–Kier alpha value is -0.520. The smallest absolute Gasteiger partial charge is 0.0104 e. The van der Waals surface area contributed by atoms with Gasteiger partial charge in [0.25, 0.3) is 0 Å². The first kappa shape index (κ1) is 7.15. The van der Waals surface area contributed by atoms with Gasteiger partial charge in [-0.25, -0.2) is 0 Å². The molecule has 0 unspecified atom stereocenters. The lowest BCUT2D eigenvalue weighted by molar-refractivity contribution is 0.436. The van der Waals surface area contributed by atoms with Crippen LogP contribution in [-0.2, 0) is 0 Å². The van der Waals surface area contributed by atoms with Crippen LogP contribution in [0.2, 0.25) is 0 Å². The lowest BCUT2D eigenvalue weighted by atomic mass is 9.76. The fourth-order valence-corrected chi connectivity index (χ4v) is 2.34. The van der Waals surface area contributed by atoms with Gasteiger partial charge in [0.2, 0.25) is 0 Å². The van der Waals surface area contributed by atoms with Gasteiger partial charge in [-0.15, -0.1) is 0 Å². The van der Waals surface area contributed by atoms with E-state index in [9.17, 15) is 0 Å². The maximum Gasteiger partial charge on any atom is -0.0104 e. The standard InChI is InChI=1S/C11H16/c1-11(2)8-4-6-9-5-3-7-10(9)11/h4,6H,3,5,7-8H2,1-2H3. The van der Waals surface area contributed by atoms with Crippen molar-refractivity contribution < 1.29 is 0 Å². The van der Waals surface area contributed by atoms with Gasteiger partial charge in [0, 0.05) is 0 Å². The number of hydrogen-bond donors (Lipinski definition) is 0. The van der Waals surface area contributed by atoms with Crippen LogP contribution in [-0.4, -0.2) is 0 Å². The Kier molecular flexibility index (Phi) is 1.45. The summed E-state index contributed by atoms with van der Waals surface area (Å²) in [7, 11) is 0. The quantitative estimate of drug-likeness (QED) is 0.493. The molecule has 2 aliphatic carbocycles. The van der Waals surface area contributed by atoms with Crippen molar-refractivity contribution in [3.05, 3.63) is 23.3 Å². The van der Waals surface area contributed by atoms with E-state index in [0.717, 1.165) is 0 Å². The summed E-state index contributed by atoms with van der Waals surface area (Å²) in [6, 6.07) is 0. The first-order valence-corrected chi connectivity index (χ1v) is 4.59. The molecule has 0 saturated carbocycles. The van der Waals surface area contributed by atoms with Gasteiger partial charge in [-0.05, 0) is 36.7 Å². The molecule has 0 bridgehead atoms. The summed E-state index contributed by atoms with van der Waals surface area (Å²) in [5.41, 5.74) is 3.85. The zero-order valence-electron chi connectivity index (χ0n) is 7.48. The van der Waals surface area contributed by atoms with Crippen molar-refractivity contribution in [1.82, 2.24) is 0 Å². The predicted molar refractivity (Wildman–Crippen MR) is 48.4 cm³/mol. The van der Waals surface area contributed by atoms with Gasteiger partial charge in [0.1, 0.15) is 0 Å². The zero-order valence-corrected chi connectivity index (χ0v) is 7.48. The van der Waals surface area contributed by atoms with Gasteiger partial charge < -0.3 is 0 Å². The van der Waals surface area contributed by atoms with Crippen LogP contribution >= 0.6 is 0 Å². The molecular weight excluding hydrogens is 132 g/mol. The molecule has 0 N–H and O–H groups in total. The lowest BCUT2D eigenvalue weighted by Crippen LogP contribution is -2.15. The van der Waals surface area contributed by atoms with Crippen molar-refractivity contribution in [1.29, 1.82) is 0 Å². The van der Waals surface area contributed by atoms with Crippen LogP contribution in [0.3, 0.4) is 0 Å². The van der Waals surface area contributed by atoms with Crippen molar-refractivity contribution in [2.75, 3.05) is 0 Å². The van der Waals surface area contributed by atoms with Gasteiger partial charge in [-0.2, -0.15) is 0 Å². The van der Waals surface area contributed by atoms with E-state index in [4.69, 9.17) is 0 Å². The highest BCUT2D eigenvalue weighted by Crippen LogP contribution is 2.44. The fraction of sp³-hybridized carbons (Fsp3) is 0.636. The van der Waals surface area contributed by atoms with E-state index >= 15 is 0 Å². The average Bonchev–Trinajstić information content (AvgIpc) is 2.34. The van der Waals surface area contributed by atoms with Crippen LogP contribution in [0.1, 0.15) is 39.5 Å². The highest BCUT2D eigenvalue weighted by atomic mass is 14.3. The maximum absolute atomic E-state index is 2.37. The van der Waals surface area contributed by atoms with Gasteiger partial charge in [0.05, 0.1) is 0 Å². The molecule has 0 atom stereocenters. The van der Waals surface area contributed by atoms with E-state index in [2.05, 4.69) is 26.0 Å². The van der Waals surface area contributed by atoms with Crippen LogP contribution in [0.25, 0.3) is 0 Å². The fourth-order valence-electron chi connectivity index (χ4n) is 2.34. The molecule has 0 aromatic carbocycles. The number of rotatable bonds is 0. The van der Waals surface area contributed by atoms with Gasteiger partial charge in [-0.3, -0.25) is 0 Å². The molecule has 2 rings (SSSR count). The second-order valence-corrected chi connectivity index (χ2v) is 4.35. The lowest BCUT2D eigenvalue weighted by Gasteiger charge is -2.29. The van der Waals surface area contributed by atoms with E-state index in [0.29, 0.717) is 5.41 Å². The van der Waals surface area contributed by atoms with Crippen LogP contribution in [0.4, 0.5) is 0 Å². The minimum atomic E-state index is 0.473. The van der Waals surface area contributed by atoms with E-state index in [1.54, 1.807) is 11.1 Å². The predicted octanol–water partition coefficient (Wildman–Crippen LogP) is 3.45. The Balaban J connectivity index is 2.39. The molecule has 0 aliphatic heterocycles. The molecular formula is C11H16. The third-order valence-corrected chi connectivity index (χ3v) is 3.02. The summed E-state index contributed by atoms with van der Waals surface area (Å²) in [5, 5.41) is 0. The third kappa shape index (κ3) is 1.05. The third-order valence-electron chi connectivity index (χ3n) is 3.02. The second-order valence-electron chi connectivity index (χ2n) is 4.35. The van der Waals surface area contributed by atoms with E-state index in [1.807, 2.05) is 0 Å². The highest BCUT2D eigenvalue weighted by molar-refractivity contribution is 5.37. The molecule has 2 aliphatic rings. The average molecular weight is 148 g/mol. The summed E-state index contributed by atoms with van der Waals surface area (Å²) in [6.45, 7) is 4.74. The van der Waals surface area contributed by atoms with Crippen LogP contribution in [0.5, 0.6) is 0 Å². The Labute approximate surface area is 69.0 Å². The molecule has 0 fully saturated rings. The molecule has 0 saturated heterocycles. The molecule has 0 amide bonds. The summed E-state index contributed by atoms with van der Waals surface area (Å²) in [6.07, 6.45) is 9.99. The monoisotopic (exact) mass is 148 g/mol. The number of hydrogen-bond acceptors (Lipinski definition) is 0. The molecule has 0 radical (unpaired) electrons. The molecule has 0 aromatic heterocycles. The van der Waals surface area contributed by atoms with Gasteiger partial charge >= 0.3 is 0 Å². The Morgan fingerprint density at radius 2 is 2.09 bits per heavy atom. The Morgan fingerprint density at radius 3 is 2.82 bits per heavy atom. The minimum absolute atomic E-state index is 0.473. The molecule has 0 heteroatoms. The van der Waals surface area contributed by atoms with E-state index in [1.165, 1.54) is 25.7 Å². The van der Waals surface area contributed by atoms with Crippen molar-refractivity contribution >= 4 is 0 Å². The number of allylic oxidation sites excluding steroid dienone is 4. The van der Waals surface area contributed by atoms with Gasteiger partial charge in [0.15, 0.2) is 0 Å². The minimum Gasteiger partial charge on any atom is -0.0834 e. The van der Waals surface area contributed by atoms with E-state index < -0.39 is 0 Å². The van der Waals surface area contributed by atoms with Crippen molar-refractivity contribution in [2.45, 2.75) is 39.5 Å². The Bertz CT molecular complexity index is 228. The normalized spacial score (nSPS) is 27.5. The van der Waals surface area contributed by atoms with Crippen molar-refractivity contribution in [3.8, 4) is 0 Å². The van der Waals surface area contributed by atoms with Crippen LogP contribution in [0.15, 0.2) is 23.3 Å². The highest BCUT2D eigenvalue weighted by Gasteiger charge is 2.29. The summed E-state index contributed by atoms with van der Waals surface area (Å²) in [5.74, 6) is 0. The van der Waals surface area contributed by atoms with Crippen LogP contribution < -0.4 is 0 Å².